The summed E-state index contributed by atoms with van der Waals surface area (Å²) in [6, 6.07) is 4.87. The van der Waals surface area contributed by atoms with Gasteiger partial charge in [-0.3, -0.25) is 0 Å². The van der Waals surface area contributed by atoms with Gasteiger partial charge < -0.3 is 10.5 Å². The summed E-state index contributed by atoms with van der Waals surface area (Å²) in [6.07, 6.45) is 2.12. The SMILES string of the molecule is CCOc1ccc(S(=O)(=O)N(C)C(CN)C2CC2)cc1C. The fourth-order valence-corrected chi connectivity index (χ4v) is 4.08. The average Bonchev–Trinajstić information content (AvgIpc) is 3.26. The molecule has 0 spiro atoms. The van der Waals surface area contributed by atoms with Crippen molar-refractivity contribution in [3.8, 4) is 5.75 Å². The average molecular weight is 312 g/mol. The van der Waals surface area contributed by atoms with Crippen LogP contribution in [0.1, 0.15) is 25.3 Å². The Morgan fingerprint density at radius 1 is 1.43 bits per heavy atom. The molecule has 1 aliphatic rings. The number of aryl methyl sites for hydroxylation is 1. The molecule has 1 saturated carbocycles. The summed E-state index contributed by atoms with van der Waals surface area (Å²) in [6.45, 7) is 4.67. The van der Waals surface area contributed by atoms with E-state index < -0.39 is 10.0 Å². The molecule has 118 valence electrons. The Hall–Kier alpha value is -1.11. The number of nitrogens with two attached hydrogens (primary N) is 1. The lowest BCUT2D eigenvalue weighted by molar-refractivity contribution is 0.336. The Morgan fingerprint density at radius 2 is 2.10 bits per heavy atom. The van der Waals surface area contributed by atoms with Crippen molar-refractivity contribution in [2.75, 3.05) is 20.2 Å². The Morgan fingerprint density at radius 3 is 2.57 bits per heavy atom. The van der Waals surface area contributed by atoms with Gasteiger partial charge in [-0.2, -0.15) is 4.31 Å². The normalized spacial score (nSPS) is 17.0. The first-order valence-electron chi connectivity index (χ1n) is 7.33. The number of ether oxygens (including phenoxy) is 1. The van der Waals surface area contributed by atoms with Crippen molar-refractivity contribution < 1.29 is 13.2 Å². The standard InChI is InChI=1S/C15H24N2O3S/c1-4-20-15-8-7-13(9-11(15)2)21(18,19)17(3)14(10-16)12-5-6-12/h7-9,12,14H,4-6,10,16H2,1-3H3. The van der Waals surface area contributed by atoms with E-state index in [1.165, 1.54) is 4.31 Å². The molecular formula is C15H24N2O3S. The number of rotatable bonds is 7. The second-order valence-corrected chi connectivity index (χ2v) is 7.52. The molecule has 6 heteroatoms. The highest BCUT2D eigenvalue weighted by Gasteiger charge is 2.38. The van der Waals surface area contributed by atoms with E-state index in [1.54, 1.807) is 25.2 Å². The molecule has 0 amide bonds. The summed E-state index contributed by atoms with van der Waals surface area (Å²) >= 11 is 0. The molecule has 1 aromatic carbocycles. The molecule has 1 unspecified atom stereocenters. The Bertz CT molecular complexity index is 597. The number of hydrogen-bond acceptors (Lipinski definition) is 4. The fourth-order valence-electron chi connectivity index (χ4n) is 2.56. The maximum Gasteiger partial charge on any atom is 0.243 e. The van der Waals surface area contributed by atoms with Crippen LogP contribution in [0.3, 0.4) is 0 Å². The molecule has 2 N–H and O–H groups in total. The second-order valence-electron chi connectivity index (χ2n) is 5.52. The number of sulfonamides is 1. The van der Waals surface area contributed by atoms with Crippen LogP contribution in [-0.2, 0) is 10.0 Å². The van der Waals surface area contributed by atoms with E-state index in [2.05, 4.69) is 0 Å². The molecule has 2 rings (SSSR count). The van der Waals surface area contributed by atoms with E-state index in [0.29, 0.717) is 24.0 Å². The summed E-state index contributed by atoms with van der Waals surface area (Å²) in [5.74, 6) is 1.12. The van der Waals surface area contributed by atoms with Gasteiger partial charge in [-0.25, -0.2) is 8.42 Å². The van der Waals surface area contributed by atoms with E-state index in [4.69, 9.17) is 10.5 Å². The molecule has 5 nitrogen and oxygen atoms in total. The summed E-state index contributed by atoms with van der Waals surface area (Å²) < 4.78 is 32.3. The van der Waals surface area contributed by atoms with Crippen LogP contribution in [0.25, 0.3) is 0 Å². The molecule has 0 radical (unpaired) electrons. The molecule has 1 atom stereocenters. The molecule has 1 fully saturated rings. The van der Waals surface area contributed by atoms with Crippen LogP contribution in [0, 0.1) is 12.8 Å². The minimum absolute atomic E-state index is 0.109. The van der Waals surface area contributed by atoms with Crippen molar-refractivity contribution >= 4 is 10.0 Å². The van der Waals surface area contributed by atoms with E-state index in [-0.39, 0.29) is 6.04 Å². The van der Waals surface area contributed by atoms with Crippen molar-refractivity contribution in [2.45, 2.75) is 37.6 Å². The number of hydrogen-bond donors (Lipinski definition) is 1. The lowest BCUT2D eigenvalue weighted by Gasteiger charge is -2.26. The molecule has 0 aromatic heterocycles. The van der Waals surface area contributed by atoms with Crippen LogP contribution in [-0.4, -0.2) is 39.0 Å². The minimum Gasteiger partial charge on any atom is -0.494 e. The van der Waals surface area contributed by atoms with E-state index >= 15 is 0 Å². The Kier molecular flexibility index (Phi) is 4.91. The predicted molar refractivity (Wildman–Crippen MR) is 82.9 cm³/mol. The van der Waals surface area contributed by atoms with Gasteiger partial charge in [0, 0.05) is 19.6 Å². The number of nitrogens with zero attached hydrogens (tertiary/aromatic N) is 1. The predicted octanol–water partition coefficient (Wildman–Crippen LogP) is 1.75. The zero-order chi connectivity index (χ0) is 15.6. The first kappa shape index (κ1) is 16.3. The van der Waals surface area contributed by atoms with Crippen LogP contribution >= 0.6 is 0 Å². The maximum absolute atomic E-state index is 12.7. The Labute approximate surface area is 127 Å². The van der Waals surface area contributed by atoms with Gasteiger partial charge in [0.15, 0.2) is 0 Å². The highest BCUT2D eigenvalue weighted by Crippen LogP contribution is 2.36. The lowest BCUT2D eigenvalue weighted by atomic mass is 10.2. The molecule has 21 heavy (non-hydrogen) atoms. The van der Waals surface area contributed by atoms with Gasteiger partial charge in [0.05, 0.1) is 11.5 Å². The summed E-state index contributed by atoms with van der Waals surface area (Å²) in [5, 5.41) is 0. The largest absolute Gasteiger partial charge is 0.494 e. The van der Waals surface area contributed by atoms with Crippen molar-refractivity contribution in [3.05, 3.63) is 23.8 Å². The van der Waals surface area contributed by atoms with Gasteiger partial charge >= 0.3 is 0 Å². The third-order valence-electron chi connectivity index (χ3n) is 4.00. The smallest absolute Gasteiger partial charge is 0.243 e. The van der Waals surface area contributed by atoms with E-state index in [1.807, 2.05) is 13.8 Å². The highest BCUT2D eigenvalue weighted by atomic mass is 32.2. The highest BCUT2D eigenvalue weighted by molar-refractivity contribution is 7.89. The summed E-state index contributed by atoms with van der Waals surface area (Å²) in [4.78, 5) is 0.296. The van der Waals surface area contributed by atoms with Crippen molar-refractivity contribution in [3.63, 3.8) is 0 Å². The summed E-state index contributed by atoms with van der Waals surface area (Å²) in [7, 11) is -1.89. The van der Waals surface area contributed by atoms with Crippen LogP contribution in [0.15, 0.2) is 23.1 Å². The molecule has 1 aliphatic carbocycles. The third kappa shape index (κ3) is 3.39. The maximum atomic E-state index is 12.7. The van der Waals surface area contributed by atoms with Crippen molar-refractivity contribution in [1.82, 2.24) is 4.31 Å². The van der Waals surface area contributed by atoms with Gasteiger partial charge in [0.25, 0.3) is 0 Å². The van der Waals surface area contributed by atoms with Gasteiger partial charge in [-0.05, 0) is 56.4 Å². The zero-order valence-electron chi connectivity index (χ0n) is 12.9. The van der Waals surface area contributed by atoms with Gasteiger partial charge in [0.2, 0.25) is 10.0 Å². The topological polar surface area (TPSA) is 72.6 Å². The molecule has 0 saturated heterocycles. The van der Waals surface area contributed by atoms with E-state index in [9.17, 15) is 8.42 Å². The van der Waals surface area contributed by atoms with Crippen LogP contribution in [0.4, 0.5) is 0 Å². The number of likely N-dealkylation sites (N-methyl/N-ethyl adjacent to an activating group) is 1. The molecule has 0 bridgehead atoms. The summed E-state index contributed by atoms with van der Waals surface area (Å²) in [5.41, 5.74) is 6.58. The molecule has 0 aliphatic heterocycles. The first-order valence-corrected chi connectivity index (χ1v) is 8.77. The quantitative estimate of drug-likeness (QED) is 0.832. The molecule has 1 aromatic rings. The van der Waals surface area contributed by atoms with Gasteiger partial charge in [0.1, 0.15) is 5.75 Å². The second kappa shape index (κ2) is 6.34. The van der Waals surface area contributed by atoms with Crippen LogP contribution < -0.4 is 10.5 Å². The van der Waals surface area contributed by atoms with Gasteiger partial charge in [-0.1, -0.05) is 0 Å². The molecular weight excluding hydrogens is 288 g/mol. The zero-order valence-corrected chi connectivity index (χ0v) is 13.7. The number of benzene rings is 1. The van der Waals surface area contributed by atoms with Crippen molar-refractivity contribution in [1.29, 1.82) is 0 Å². The van der Waals surface area contributed by atoms with Crippen LogP contribution in [0.5, 0.6) is 5.75 Å². The van der Waals surface area contributed by atoms with Gasteiger partial charge in [-0.15, -0.1) is 0 Å². The molecule has 0 heterocycles. The lowest BCUT2D eigenvalue weighted by Crippen LogP contribution is -2.43. The third-order valence-corrected chi connectivity index (χ3v) is 5.88. The Balaban J connectivity index is 2.28. The van der Waals surface area contributed by atoms with E-state index in [0.717, 1.165) is 24.2 Å². The van der Waals surface area contributed by atoms with Crippen molar-refractivity contribution in [2.24, 2.45) is 11.7 Å². The minimum atomic E-state index is -3.51. The monoisotopic (exact) mass is 312 g/mol. The van der Waals surface area contributed by atoms with Crippen LogP contribution in [0.2, 0.25) is 0 Å². The fraction of sp³-hybridized carbons (Fsp3) is 0.600. The first-order chi connectivity index (χ1) is 9.91.